The van der Waals surface area contributed by atoms with E-state index in [0.717, 1.165) is 11.3 Å². The van der Waals surface area contributed by atoms with Gasteiger partial charge in [0, 0.05) is 24.7 Å². The van der Waals surface area contributed by atoms with Crippen LogP contribution < -0.4 is 4.90 Å². The SMILES string of the molecule is CC1CN(c2c(C=O)cc(-c3nnc(-c4ccno4)s3)c(F)c2F)CC(C)O1. The average Bonchev–Trinajstić information content (AvgIpc) is 3.34. The van der Waals surface area contributed by atoms with E-state index in [-0.39, 0.29) is 34.0 Å². The Morgan fingerprint density at radius 2 is 1.89 bits per heavy atom. The topological polar surface area (TPSA) is 81.4 Å². The van der Waals surface area contributed by atoms with E-state index in [9.17, 15) is 9.18 Å². The first-order valence-corrected chi connectivity index (χ1v) is 9.42. The molecular formula is C18H16F2N4O3S. The number of halogens is 2. The summed E-state index contributed by atoms with van der Waals surface area (Å²) < 4.78 is 40.6. The van der Waals surface area contributed by atoms with Gasteiger partial charge >= 0.3 is 0 Å². The van der Waals surface area contributed by atoms with Crippen molar-refractivity contribution >= 4 is 23.3 Å². The van der Waals surface area contributed by atoms with E-state index in [0.29, 0.717) is 30.1 Å². The van der Waals surface area contributed by atoms with Crippen LogP contribution in [0.15, 0.2) is 22.9 Å². The number of benzene rings is 1. The molecule has 3 aromatic rings. The van der Waals surface area contributed by atoms with E-state index in [4.69, 9.17) is 9.26 Å². The smallest absolute Gasteiger partial charge is 0.197 e. The number of nitrogens with zero attached hydrogens (tertiary/aromatic N) is 4. The van der Waals surface area contributed by atoms with E-state index in [2.05, 4.69) is 15.4 Å². The van der Waals surface area contributed by atoms with Crippen molar-refractivity contribution in [2.24, 2.45) is 0 Å². The predicted molar refractivity (Wildman–Crippen MR) is 98.4 cm³/mol. The van der Waals surface area contributed by atoms with E-state index in [1.807, 2.05) is 13.8 Å². The van der Waals surface area contributed by atoms with Crippen LogP contribution in [0.2, 0.25) is 0 Å². The fourth-order valence-electron chi connectivity index (χ4n) is 3.32. The van der Waals surface area contributed by atoms with Gasteiger partial charge in [0.1, 0.15) is 0 Å². The monoisotopic (exact) mass is 406 g/mol. The average molecular weight is 406 g/mol. The first-order chi connectivity index (χ1) is 13.5. The molecule has 1 fully saturated rings. The summed E-state index contributed by atoms with van der Waals surface area (Å²) in [6.07, 6.45) is 1.63. The molecule has 2 atom stereocenters. The zero-order valence-corrected chi connectivity index (χ0v) is 15.9. The Morgan fingerprint density at radius 3 is 2.54 bits per heavy atom. The highest BCUT2D eigenvalue weighted by Crippen LogP contribution is 2.37. The van der Waals surface area contributed by atoms with Crippen molar-refractivity contribution in [1.29, 1.82) is 0 Å². The molecular weight excluding hydrogens is 390 g/mol. The molecule has 0 spiro atoms. The molecule has 4 rings (SSSR count). The quantitative estimate of drug-likeness (QED) is 0.613. The zero-order chi connectivity index (χ0) is 19.8. The first kappa shape index (κ1) is 18.6. The van der Waals surface area contributed by atoms with Crippen molar-refractivity contribution < 1.29 is 22.8 Å². The molecule has 0 N–H and O–H groups in total. The number of morpholine rings is 1. The molecule has 146 valence electrons. The van der Waals surface area contributed by atoms with Crippen molar-refractivity contribution in [3.63, 3.8) is 0 Å². The lowest BCUT2D eigenvalue weighted by Gasteiger charge is -2.37. The molecule has 0 amide bonds. The molecule has 28 heavy (non-hydrogen) atoms. The largest absolute Gasteiger partial charge is 0.372 e. The van der Waals surface area contributed by atoms with Gasteiger partial charge < -0.3 is 14.2 Å². The van der Waals surface area contributed by atoms with Gasteiger partial charge in [0.05, 0.1) is 29.7 Å². The third kappa shape index (κ3) is 3.29. The number of rotatable bonds is 4. The predicted octanol–water partition coefficient (Wildman–Crippen LogP) is 3.56. The summed E-state index contributed by atoms with van der Waals surface area (Å²) in [6.45, 7) is 4.40. The van der Waals surface area contributed by atoms with Gasteiger partial charge in [-0.05, 0) is 19.9 Å². The van der Waals surface area contributed by atoms with Crippen LogP contribution in [0, 0.1) is 11.6 Å². The van der Waals surface area contributed by atoms with Crippen LogP contribution in [0.1, 0.15) is 24.2 Å². The lowest BCUT2D eigenvalue weighted by molar-refractivity contribution is -0.00546. The van der Waals surface area contributed by atoms with Crippen molar-refractivity contribution in [2.75, 3.05) is 18.0 Å². The molecule has 2 unspecified atom stereocenters. The van der Waals surface area contributed by atoms with Gasteiger partial charge in [-0.15, -0.1) is 10.2 Å². The number of hydrogen-bond donors (Lipinski definition) is 0. The summed E-state index contributed by atoms with van der Waals surface area (Å²) in [7, 11) is 0. The second-order valence-corrected chi connectivity index (χ2v) is 7.54. The number of aldehydes is 1. The lowest BCUT2D eigenvalue weighted by Crippen LogP contribution is -2.46. The number of carbonyl (C=O) groups is 1. The molecule has 3 heterocycles. The van der Waals surface area contributed by atoms with Crippen molar-refractivity contribution in [1.82, 2.24) is 15.4 Å². The molecule has 1 saturated heterocycles. The van der Waals surface area contributed by atoms with Gasteiger partial charge in [0.2, 0.25) is 0 Å². The Labute approximate surface area is 162 Å². The Bertz CT molecular complexity index is 999. The normalized spacial score (nSPS) is 19.8. The molecule has 10 heteroatoms. The molecule has 1 aliphatic heterocycles. The van der Waals surface area contributed by atoms with E-state index >= 15 is 4.39 Å². The summed E-state index contributed by atoms with van der Waals surface area (Å²) in [6, 6.07) is 2.89. The Kier molecular flexibility index (Phi) is 4.90. The summed E-state index contributed by atoms with van der Waals surface area (Å²) in [5.74, 6) is -1.79. The summed E-state index contributed by atoms with van der Waals surface area (Å²) in [5, 5.41) is 11.9. The molecule has 1 aliphatic rings. The maximum atomic E-state index is 15.0. The number of carbonyl (C=O) groups excluding carboxylic acids is 1. The van der Waals surface area contributed by atoms with Crippen molar-refractivity contribution in [3.05, 3.63) is 35.5 Å². The fourth-order valence-corrected chi connectivity index (χ4v) is 4.13. The molecule has 0 saturated carbocycles. The van der Waals surface area contributed by atoms with Crippen LogP contribution in [0.25, 0.3) is 21.3 Å². The fraction of sp³-hybridized carbons (Fsp3) is 0.333. The van der Waals surface area contributed by atoms with Gasteiger partial charge in [0.25, 0.3) is 0 Å². The van der Waals surface area contributed by atoms with Gasteiger partial charge in [-0.1, -0.05) is 16.5 Å². The molecule has 7 nitrogen and oxygen atoms in total. The maximum absolute atomic E-state index is 15.0. The van der Waals surface area contributed by atoms with Gasteiger partial charge in [-0.2, -0.15) is 0 Å². The van der Waals surface area contributed by atoms with Gasteiger partial charge in [-0.3, -0.25) is 4.79 Å². The highest BCUT2D eigenvalue weighted by atomic mass is 32.1. The second kappa shape index (κ2) is 7.36. The molecule has 1 aromatic carbocycles. The van der Waals surface area contributed by atoms with Crippen LogP contribution in [-0.4, -0.2) is 46.9 Å². The Balaban J connectivity index is 1.77. The van der Waals surface area contributed by atoms with Crippen molar-refractivity contribution in [2.45, 2.75) is 26.1 Å². The van der Waals surface area contributed by atoms with Crippen LogP contribution in [0.5, 0.6) is 0 Å². The molecule has 0 aliphatic carbocycles. The van der Waals surface area contributed by atoms with Crippen LogP contribution in [0.4, 0.5) is 14.5 Å². The number of ether oxygens (including phenoxy) is 1. The molecule has 0 bridgehead atoms. The summed E-state index contributed by atoms with van der Waals surface area (Å²) in [5.41, 5.74) is -0.134. The van der Waals surface area contributed by atoms with Crippen LogP contribution in [-0.2, 0) is 4.74 Å². The second-order valence-electron chi connectivity index (χ2n) is 6.56. The summed E-state index contributed by atoms with van der Waals surface area (Å²) >= 11 is 1.02. The van der Waals surface area contributed by atoms with Gasteiger partial charge in [-0.25, -0.2) is 8.78 Å². The third-order valence-corrected chi connectivity index (χ3v) is 5.35. The van der Waals surface area contributed by atoms with Crippen molar-refractivity contribution in [3.8, 4) is 21.3 Å². The minimum absolute atomic E-state index is 0.0478. The Morgan fingerprint density at radius 1 is 1.18 bits per heavy atom. The van der Waals surface area contributed by atoms with E-state index in [1.165, 1.54) is 12.3 Å². The van der Waals surface area contributed by atoms with Crippen LogP contribution >= 0.6 is 11.3 Å². The van der Waals surface area contributed by atoms with E-state index < -0.39 is 11.6 Å². The highest BCUT2D eigenvalue weighted by Gasteiger charge is 2.30. The highest BCUT2D eigenvalue weighted by molar-refractivity contribution is 7.17. The number of hydrogen-bond acceptors (Lipinski definition) is 8. The minimum atomic E-state index is -1.09. The standard InChI is InChI=1S/C18H16F2N4O3S/c1-9-6-24(7-10(2)26-9)16-11(8-25)5-12(14(19)15(16)20)17-22-23-18(28-17)13-3-4-21-27-13/h3-5,8-10H,6-7H2,1-2H3. The minimum Gasteiger partial charge on any atom is -0.372 e. The number of anilines is 1. The van der Waals surface area contributed by atoms with Crippen LogP contribution in [0.3, 0.4) is 0 Å². The third-order valence-electron chi connectivity index (χ3n) is 4.38. The van der Waals surface area contributed by atoms with Gasteiger partial charge in [0.15, 0.2) is 33.7 Å². The lowest BCUT2D eigenvalue weighted by atomic mass is 10.1. The number of aromatic nitrogens is 3. The first-order valence-electron chi connectivity index (χ1n) is 8.60. The Hall–Kier alpha value is -2.72. The molecule has 2 aromatic heterocycles. The molecule has 0 radical (unpaired) electrons. The maximum Gasteiger partial charge on any atom is 0.197 e. The summed E-state index contributed by atoms with van der Waals surface area (Å²) in [4.78, 5) is 13.3. The zero-order valence-electron chi connectivity index (χ0n) is 15.1. The van der Waals surface area contributed by atoms with E-state index in [1.54, 1.807) is 11.0 Å².